The zero-order valence-corrected chi connectivity index (χ0v) is 55.6. The largest absolute Gasteiger partial charge is 0.444 e. The van der Waals surface area contributed by atoms with Gasteiger partial charge in [-0.2, -0.15) is 0 Å². The van der Waals surface area contributed by atoms with Crippen molar-refractivity contribution in [3.63, 3.8) is 0 Å². The number of anilines is 1. The van der Waals surface area contributed by atoms with Crippen molar-refractivity contribution in [1.82, 2.24) is 55.4 Å². The highest BCUT2D eigenvalue weighted by Crippen LogP contribution is 2.34. The van der Waals surface area contributed by atoms with Gasteiger partial charge in [0.1, 0.15) is 58.8 Å². The van der Waals surface area contributed by atoms with E-state index in [1.165, 1.54) is 12.4 Å². The van der Waals surface area contributed by atoms with Crippen LogP contribution in [-0.2, 0) is 30.4 Å². The van der Waals surface area contributed by atoms with Gasteiger partial charge in [0.2, 0.25) is 17.7 Å². The van der Waals surface area contributed by atoms with Crippen LogP contribution in [0.25, 0.3) is 11.0 Å². The van der Waals surface area contributed by atoms with Crippen molar-refractivity contribution >= 4 is 64.3 Å². The molecule has 6 heterocycles. The van der Waals surface area contributed by atoms with E-state index in [1.807, 2.05) is 59.6 Å². The molecule has 0 spiro atoms. The summed E-state index contributed by atoms with van der Waals surface area (Å²) >= 11 is 6.39. The zero-order chi connectivity index (χ0) is 66.0. The van der Waals surface area contributed by atoms with Gasteiger partial charge < -0.3 is 54.9 Å². The topological polar surface area (TPSA) is 218 Å². The Morgan fingerprint density at radius 1 is 0.753 bits per heavy atom. The van der Waals surface area contributed by atoms with Gasteiger partial charge in [0.05, 0.1) is 18.0 Å². The molecule has 6 amide bonds. The summed E-state index contributed by atoms with van der Waals surface area (Å²) in [6.07, 6.45) is 11.2. The molecule has 10 rings (SSSR count). The van der Waals surface area contributed by atoms with Gasteiger partial charge in [0, 0.05) is 113 Å². The molecule has 5 fully saturated rings. The third-order valence-electron chi connectivity index (χ3n) is 19.1. The lowest BCUT2D eigenvalue weighted by Crippen LogP contribution is -2.64. The fourth-order valence-corrected chi connectivity index (χ4v) is 14.1. The Labute approximate surface area is 550 Å². The quantitative estimate of drug-likeness (QED) is 0.0606. The molecule has 5 aliphatic rings. The van der Waals surface area contributed by atoms with Crippen LogP contribution in [0.3, 0.4) is 0 Å². The standard InChI is InChI=1S/C70H93ClF2N12O8/c1-68(2,3)92-66(90)79-70(27-34-82(35-28-70)62-56-23-29-74-61(56)75-46-76-62)65(89)77-58(48-17-20-54(71)21-18-48)26-31-80-36-38-81(39-37-80)42-47-24-32-83(33-25-47)64(88)60(49-12-8-7-9-13-49)78-63(87)51-15-10-14-50(40-51)52-16-11-30-84(43-52)59(86)45-85(67(91)93-69(4,5)6)44-53-19-22-55(72)41-57(53)73/h10,14-15,17-23,29,40-41,46-47,49,52,58,60H,7-9,11-13,16,24-28,30-39,42-45H2,1-6H3,(H,77,89)(H,78,87)(H,79,90)(H,74,75,76)/t52?,58-,60+/m0/s1. The molecule has 0 radical (unpaired) electrons. The Morgan fingerprint density at radius 2 is 1.46 bits per heavy atom. The number of halogens is 3. The van der Waals surface area contributed by atoms with Crippen LogP contribution in [0.2, 0.25) is 5.02 Å². The number of piperazine rings is 1. The first kappa shape index (κ1) is 68.4. The third-order valence-corrected chi connectivity index (χ3v) is 19.3. The van der Waals surface area contributed by atoms with Gasteiger partial charge in [-0.05, 0) is 159 Å². The molecule has 20 nitrogen and oxygen atoms in total. The second kappa shape index (κ2) is 30.3. The summed E-state index contributed by atoms with van der Waals surface area (Å²) < 4.78 is 39.9. The molecule has 1 unspecified atom stereocenters. The van der Waals surface area contributed by atoms with Crippen LogP contribution in [0.1, 0.15) is 158 Å². The first-order valence-corrected chi connectivity index (χ1v) is 33.8. The van der Waals surface area contributed by atoms with E-state index in [-0.39, 0.29) is 60.2 Å². The molecule has 1 aliphatic carbocycles. The highest BCUT2D eigenvalue weighted by molar-refractivity contribution is 6.30. The highest BCUT2D eigenvalue weighted by Gasteiger charge is 2.45. The molecule has 3 aromatic carbocycles. The molecule has 2 aromatic heterocycles. The number of aromatic amines is 1. The molecule has 502 valence electrons. The maximum absolute atomic E-state index is 14.9. The monoisotopic (exact) mass is 1300 g/mol. The maximum Gasteiger partial charge on any atom is 0.411 e. The van der Waals surface area contributed by atoms with Crippen molar-refractivity contribution in [2.75, 3.05) is 90.0 Å². The lowest BCUT2D eigenvalue weighted by Gasteiger charge is -2.42. The first-order chi connectivity index (χ1) is 44.4. The predicted octanol–water partition coefficient (Wildman–Crippen LogP) is 10.4. The summed E-state index contributed by atoms with van der Waals surface area (Å²) in [4.78, 5) is 109. The molecule has 5 aromatic rings. The van der Waals surface area contributed by atoms with Crippen molar-refractivity contribution in [1.29, 1.82) is 0 Å². The molecule has 93 heavy (non-hydrogen) atoms. The second-order valence-electron chi connectivity index (χ2n) is 28.1. The van der Waals surface area contributed by atoms with Gasteiger partial charge in [-0.25, -0.2) is 28.3 Å². The van der Waals surface area contributed by atoms with E-state index in [0.717, 1.165) is 136 Å². The van der Waals surface area contributed by atoms with Gasteiger partial charge in [0.15, 0.2) is 0 Å². The summed E-state index contributed by atoms with van der Waals surface area (Å²) in [5.74, 6) is -1.42. The number of hydrogen-bond acceptors (Lipinski definition) is 13. The van der Waals surface area contributed by atoms with E-state index >= 15 is 0 Å². The number of aromatic nitrogens is 3. The van der Waals surface area contributed by atoms with Crippen molar-refractivity contribution in [3.05, 3.63) is 124 Å². The van der Waals surface area contributed by atoms with Gasteiger partial charge in [0.25, 0.3) is 5.91 Å². The number of rotatable bonds is 19. The average molecular weight is 1300 g/mol. The predicted molar refractivity (Wildman–Crippen MR) is 352 cm³/mol. The minimum absolute atomic E-state index is 0.0209. The van der Waals surface area contributed by atoms with E-state index in [0.29, 0.717) is 81.5 Å². The Morgan fingerprint density at radius 3 is 2.16 bits per heavy atom. The molecule has 4 N–H and O–H groups in total. The number of amides is 6. The van der Waals surface area contributed by atoms with Crippen LogP contribution in [-0.4, -0.2) is 183 Å². The number of likely N-dealkylation sites (tertiary alicyclic amines) is 2. The lowest BCUT2D eigenvalue weighted by molar-refractivity contribution is -0.136. The van der Waals surface area contributed by atoms with Crippen LogP contribution in [0.15, 0.2) is 85.3 Å². The molecular formula is C70H93ClF2N12O8. The number of hydrogen-bond donors (Lipinski definition) is 4. The number of benzene rings is 3. The number of ether oxygens (including phenoxy) is 2. The number of carbonyl (C=O) groups excluding carboxylic acids is 6. The van der Waals surface area contributed by atoms with Crippen LogP contribution < -0.4 is 20.9 Å². The normalized spacial score (nSPS) is 19.5. The van der Waals surface area contributed by atoms with Gasteiger partial charge in [-0.15, -0.1) is 0 Å². The fourth-order valence-electron chi connectivity index (χ4n) is 14.0. The highest BCUT2D eigenvalue weighted by atomic mass is 35.5. The molecule has 0 bridgehead atoms. The average Bonchev–Trinajstić information content (AvgIpc) is 1.24. The summed E-state index contributed by atoms with van der Waals surface area (Å²) in [5, 5.41) is 11.1. The Kier molecular flexibility index (Phi) is 22.3. The summed E-state index contributed by atoms with van der Waals surface area (Å²) in [6.45, 7) is 18.0. The van der Waals surface area contributed by atoms with E-state index in [4.69, 9.17) is 21.1 Å². The summed E-state index contributed by atoms with van der Waals surface area (Å²) in [6, 6.07) is 19.0. The van der Waals surface area contributed by atoms with E-state index < -0.39 is 46.6 Å². The lowest BCUT2D eigenvalue weighted by atomic mass is 9.82. The molecular weight excluding hydrogens is 1210 g/mol. The minimum Gasteiger partial charge on any atom is -0.444 e. The number of piperidine rings is 3. The summed E-state index contributed by atoms with van der Waals surface area (Å²) in [5.41, 5.74) is 0.128. The van der Waals surface area contributed by atoms with E-state index in [9.17, 15) is 37.5 Å². The second-order valence-corrected chi connectivity index (χ2v) is 28.6. The van der Waals surface area contributed by atoms with E-state index in [1.54, 1.807) is 52.5 Å². The fraction of sp³-hybridized carbons (Fsp3) is 0.571. The zero-order valence-electron chi connectivity index (χ0n) is 54.8. The summed E-state index contributed by atoms with van der Waals surface area (Å²) in [7, 11) is 0. The van der Waals surface area contributed by atoms with E-state index in [2.05, 4.69) is 45.6 Å². The van der Waals surface area contributed by atoms with Gasteiger partial charge in [-0.1, -0.05) is 61.2 Å². The number of nitrogens with zero attached hydrogens (tertiary/aromatic N) is 8. The molecule has 3 atom stereocenters. The molecule has 4 aliphatic heterocycles. The number of H-pyrrole nitrogens is 1. The van der Waals surface area contributed by atoms with Crippen LogP contribution in [0.4, 0.5) is 24.2 Å². The van der Waals surface area contributed by atoms with Crippen molar-refractivity contribution in [3.8, 4) is 0 Å². The third kappa shape index (κ3) is 18.3. The van der Waals surface area contributed by atoms with Crippen molar-refractivity contribution in [2.45, 2.75) is 160 Å². The number of alkyl carbamates (subject to hydrolysis) is 1. The maximum atomic E-state index is 14.9. The minimum atomic E-state index is -1.25. The SMILES string of the molecule is CC(C)(C)OC(=O)NC1(C(=O)N[C@@H](CCN2CCN(CC3CCN(C(=O)[C@H](NC(=O)c4cccc(C5CCCN(C(=O)CN(Cc6ccc(F)cc6F)C(=O)OC(C)(C)C)C5)c4)C4CCCCC4)CC3)CC2)c2ccc(Cl)cc2)CCN(c2ncnc3[nH]ccc23)CC1. The van der Waals surface area contributed by atoms with Crippen molar-refractivity contribution < 1.29 is 47.0 Å². The molecule has 4 saturated heterocycles. The number of carbonyl (C=O) groups is 6. The molecule has 1 saturated carbocycles. The van der Waals surface area contributed by atoms with Crippen LogP contribution >= 0.6 is 11.6 Å². The first-order valence-electron chi connectivity index (χ1n) is 33.4. The molecule has 23 heteroatoms. The van der Waals surface area contributed by atoms with Gasteiger partial charge >= 0.3 is 12.2 Å². The Bertz CT molecular complexity index is 3400. The van der Waals surface area contributed by atoms with Crippen LogP contribution in [0.5, 0.6) is 0 Å². The Balaban J connectivity index is 0.711. The van der Waals surface area contributed by atoms with Crippen LogP contribution in [0, 0.1) is 23.5 Å². The number of fused-ring (bicyclic) bond motifs is 1. The van der Waals surface area contributed by atoms with Gasteiger partial charge in [-0.3, -0.25) is 24.1 Å². The van der Waals surface area contributed by atoms with Crippen molar-refractivity contribution in [2.24, 2.45) is 11.8 Å². The number of nitrogens with one attached hydrogen (secondary N) is 4. The Hall–Kier alpha value is -7.43. The smallest absolute Gasteiger partial charge is 0.411 e.